The largest absolute Gasteiger partial charge is 0.106 e. The molecular formula is C16H22. The van der Waals surface area contributed by atoms with Crippen molar-refractivity contribution < 1.29 is 0 Å². The normalized spacial score (nSPS) is 10.2. The van der Waals surface area contributed by atoms with Gasteiger partial charge in [-0.2, -0.15) is 0 Å². The summed E-state index contributed by atoms with van der Waals surface area (Å²) in [5.41, 5.74) is 4.05. The zero-order chi connectivity index (χ0) is 12.4. The van der Waals surface area contributed by atoms with Crippen LogP contribution in [0.5, 0.6) is 0 Å². The van der Waals surface area contributed by atoms with E-state index in [-0.39, 0.29) is 0 Å². The molecule has 0 N–H and O–H groups in total. The second-order valence-corrected chi connectivity index (χ2v) is 3.55. The lowest BCUT2D eigenvalue weighted by atomic mass is 10.0. The summed E-state index contributed by atoms with van der Waals surface area (Å²) < 4.78 is 0. The molecule has 1 rings (SSSR count). The van der Waals surface area contributed by atoms with Crippen molar-refractivity contribution in [2.45, 2.75) is 26.7 Å². The average molecular weight is 214 g/mol. The fourth-order valence-corrected chi connectivity index (χ4v) is 1.41. The molecule has 0 saturated carbocycles. The number of hydrogen-bond donors (Lipinski definition) is 0. The van der Waals surface area contributed by atoms with Crippen LogP contribution in [-0.2, 0) is 6.42 Å². The third-order valence-corrected chi connectivity index (χ3v) is 2.46. The molecule has 0 nitrogen and oxygen atoms in total. The number of rotatable bonds is 4. The predicted octanol–water partition coefficient (Wildman–Crippen LogP) is 4.86. The molecule has 0 radical (unpaired) electrons. The van der Waals surface area contributed by atoms with Crippen molar-refractivity contribution in [3.05, 3.63) is 72.9 Å². The summed E-state index contributed by atoms with van der Waals surface area (Å²) in [5, 5.41) is 0. The molecule has 0 spiro atoms. The molecule has 1 aromatic rings. The lowest BCUT2D eigenvalue weighted by molar-refractivity contribution is 0.962. The third kappa shape index (κ3) is 5.35. The Balaban J connectivity index is 0.00000106. The van der Waals surface area contributed by atoms with E-state index in [0.717, 1.165) is 12.8 Å². The van der Waals surface area contributed by atoms with E-state index in [2.05, 4.69) is 63.9 Å². The molecule has 0 atom stereocenters. The lowest BCUT2D eigenvalue weighted by Crippen LogP contribution is -1.87. The number of allylic oxidation sites excluding steroid dienone is 3. The van der Waals surface area contributed by atoms with Gasteiger partial charge in [0, 0.05) is 0 Å². The van der Waals surface area contributed by atoms with Crippen LogP contribution < -0.4 is 0 Å². The lowest BCUT2D eigenvalue weighted by Gasteiger charge is -2.02. The molecular weight excluding hydrogens is 192 g/mol. The summed E-state index contributed by atoms with van der Waals surface area (Å²) >= 11 is 0. The van der Waals surface area contributed by atoms with Gasteiger partial charge in [-0.25, -0.2) is 0 Å². The Morgan fingerprint density at radius 3 is 2.19 bits per heavy atom. The molecule has 86 valence electrons. The van der Waals surface area contributed by atoms with Crippen molar-refractivity contribution >= 4 is 0 Å². The van der Waals surface area contributed by atoms with Crippen LogP contribution >= 0.6 is 0 Å². The monoisotopic (exact) mass is 214 g/mol. The van der Waals surface area contributed by atoms with Crippen molar-refractivity contribution in [3.63, 3.8) is 0 Å². The van der Waals surface area contributed by atoms with Crippen molar-refractivity contribution in [1.82, 2.24) is 0 Å². The van der Waals surface area contributed by atoms with E-state index in [1.807, 2.05) is 6.08 Å². The first kappa shape index (κ1) is 14.4. The minimum Gasteiger partial charge on any atom is -0.106 e. The number of benzene rings is 1. The van der Waals surface area contributed by atoms with E-state index < -0.39 is 0 Å². The Hall–Kier alpha value is -1.56. The van der Waals surface area contributed by atoms with Gasteiger partial charge in [-0.05, 0) is 32.3 Å². The zero-order valence-corrected chi connectivity index (χ0v) is 10.5. The summed E-state index contributed by atoms with van der Waals surface area (Å²) in [4.78, 5) is 0. The maximum Gasteiger partial charge on any atom is -0.0238 e. The van der Waals surface area contributed by atoms with E-state index in [0.29, 0.717) is 0 Å². The Bertz CT molecular complexity index is 328. The molecule has 0 bridgehead atoms. The van der Waals surface area contributed by atoms with Gasteiger partial charge in [-0.3, -0.25) is 0 Å². The van der Waals surface area contributed by atoms with Crippen LogP contribution in [0.25, 0.3) is 0 Å². The highest BCUT2D eigenvalue weighted by Gasteiger charge is 1.94. The summed E-state index contributed by atoms with van der Waals surface area (Å²) in [6, 6.07) is 8.73. The minimum absolute atomic E-state index is 1.09. The Labute approximate surface area is 100 Å². The third-order valence-electron chi connectivity index (χ3n) is 2.46. The van der Waals surface area contributed by atoms with Gasteiger partial charge in [0.25, 0.3) is 0 Å². The molecule has 16 heavy (non-hydrogen) atoms. The van der Waals surface area contributed by atoms with Crippen LogP contribution in [0, 0.1) is 6.92 Å². The maximum atomic E-state index is 3.79. The molecule has 0 fully saturated rings. The van der Waals surface area contributed by atoms with Crippen LogP contribution in [0.1, 0.15) is 24.5 Å². The molecule has 0 aliphatic carbocycles. The Morgan fingerprint density at radius 2 is 1.75 bits per heavy atom. The van der Waals surface area contributed by atoms with E-state index in [9.17, 15) is 0 Å². The van der Waals surface area contributed by atoms with Crippen LogP contribution in [0.15, 0.2) is 61.7 Å². The number of aryl methyl sites for hydroxylation is 2. The predicted molar refractivity (Wildman–Crippen MR) is 74.7 cm³/mol. The van der Waals surface area contributed by atoms with Gasteiger partial charge in [0.05, 0.1) is 0 Å². The van der Waals surface area contributed by atoms with Crippen LogP contribution in [0.4, 0.5) is 0 Å². The standard InChI is InChI=1S/C14H18.C2H4/c1-4-13(5-2)10-11-14-8-6-12(3)7-9-14;1-2/h4-9H,1,10-11H2,2-3H3;1-2H2/b13-5+;. The molecule has 0 heterocycles. The van der Waals surface area contributed by atoms with E-state index in [1.165, 1.54) is 16.7 Å². The van der Waals surface area contributed by atoms with Crippen molar-refractivity contribution in [1.29, 1.82) is 0 Å². The van der Waals surface area contributed by atoms with Gasteiger partial charge in [0.15, 0.2) is 0 Å². The Kier molecular flexibility index (Phi) is 7.87. The minimum atomic E-state index is 1.09. The highest BCUT2D eigenvalue weighted by molar-refractivity contribution is 5.23. The average Bonchev–Trinajstić information content (AvgIpc) is 2.35. The van der Waals surface area contributed by atoms with E-state index in [1.54, 1.807) is 0 Å². The van der Waals surface area contributed by atoms with Crippen molar-refractivity contribution in [3.8, 4) is 0 Å². The molecule has 0 aromatic heterocycles. The molecule has 0 aliphatic heterocycles. The van der Waals surface area contributed by atoms with Gasteiger partial charge >= 0.3 is 0 Å². The molecule has 1 aromatic carbocycles. The zero-order valence-electron chi connectivity index (χ0n) is 10.5. The quantitative estimate of drug-likeness (QED) is 0.496. The van der Waals surface area contributed by atoms with Gasteiger partial charge in [0.1, 0.15) is 0 Å². The first-order valence-electron chi connectivity index (χ1n) is 5.59. The fourth-order valence-electron chi connectivity index (χ4n) is 1.41. The summed E-state index contributed by atoms with van der Waals surface area (Å²) in [6.45, 7) is 14.0. The van der Waals surface area contributed by atoms with Crippen LogP contribution in [-0.4, -0.2) is 0 Å². The fraction of sp³-hybridized carbons (Fsp3) is 0.250. The SMILES string of the molecule is C=C.C=C/C(=C\C)CCc1ccc(C)cc1. The molecule has 0 amide bonds. The Morgan fingerprint density at radius 1 is 1.19 bits per heavy atom. The molecule has 0 heteroatoms. The molecule has 0 saturated heterocycles. The summed E-state index contributed by atoms with van der Waals surface area (Å²) in [7, 11) is 0. The maximum absolute atomic E-state index is 3.79. The van der Waals surface area contributed by atoms with Gasteiger partial charge < -0.3 is 0 Å². The van der Waals surface area contributed by atoms with Crippen LogP contribution in [0.3, 0.4) is 0 Å². The molecule has 0 aliphatic rings. The van der Waals surface area contributed by atoms with E-state index in [4.69, 9.17) is 0 Å². The molecule has 0 unspecified atom stereocenters. The summed E-state index contributed by atoms with van der Waals surface area (Å²) in [5.74, 6) is 0. The van der Waals surface area contributed by atoms with Crippen LogP contribution in [0.2, 0.25) is 0 Å². The highest BCUT2D eigenvalue weighted by atomic mass is 14.0. The highest BCUT2D eigenvalue weighted by Crippen LogP contribution is 2.10. The topological polar surface area (TPSA) is 0 Å². The number of hydrogen-bond acceptors (Lipinski definition) is 0. The van der Waals surface area contributed by atoms with Gasteiger partial charge in [-0.15, -0.1) is 13.2 Å². The summed E-state index contributed by atoms with van der Waals surface area (Å²) in [6.07, 6.45) is 6.25. The first-order chi connectivity index (χ1) is 7.76. The smallest absolute Gasteiger partial charge is 0.0238 e. The van der Waals surface area contributed by atoms with Gasteiger partial charge in [-0.1, -0.05) is 54.1 Å². The van der Waals surface area contributed by atoms with Crippen molar-refractivity contribution in [2.75, 3.05) is 0 Å². The van der Waals surface area contributed by atoms with Crippen molar-refractivity contribution in [2.24, 2.45) is 0 Å². The van der Waals surface area contributed by atoms with Gasteiger partial charge in [0.2, 0.25) is 0 Å². The second-order valence-electron chi connectivity index (χ2n) is 3.55. The second kappa shape index (κ2) is 8.72. The first-order valence-corrected chi connectivity index (χ1v) is 5.59. The van der Waals surface area contributed by atoms with E-state index >= 15 is 0 Å².